The third-order valence-corrected chi connectivity index (χ3v) is 3.89. The van der Waals surface area contributed by atoms with E-state index in [9.17, 15) is 14.7 Å². The molecule has 4 nitrogen and oxygen atoms in total. The molecule has 1 heterocycles. The van der Waals surface area contributed by atoms with Gasteiger partial charge < -0.3 is 10.1 Å². The molecule has 0 unspecified atom stereocenters. The number of hydrogen-bond donors (Lipinski definition) is 2. The van der Waals surface area contributed by atoms with Crippen molar-refractivity contribution in [2.75, 3.05) is 0 Å². The lowest BCUT2D eigenvalue weighted by Gasteiger charge is -1.97. The molecule has 0 atom stereocenters. The van der Waals surface area contributed by atoms with Gasteiger partial charge >= 0.3 is 0 Å². The zero-order chi connectivity index (χ0) is 11.9. The summed E-state index contributed by atoms with van der Waals surface area (Å²) in [6.45, 7) is 0. The molecule has 0 amide bonds. The largest absolute Gasteiger partial charge is 0.503 e. The van der Waals surface area contributed by atoms with Crippen LogP contribution in [0, 0.1) is 7.14 Å². The smallest absolute Gasteiger partial charge is 0.290 e. The molecule has 1 aromatic heterocycles. The average Bonchev–Trinajstić information content (AvgIpc) is 2.33. The standard InChI is InChI=1S/C10H5I2NO3/c11-4-1-2-5(12)9-8(4)6(14)3-7(15)10(16)13-9/h1-3,15H,(H,13,16). The van der Waals surface area contributed by atoms with Crippen LogP contribution in [0.4, 0.5) is 0 Å². The van der Waals surface area contributed by atoms with E-state index < -0.39 is 11.3 Å². The van der Waals surface area contributed by atoms with E-state index in [4.69, 9.17) is 0 Å². The second-order valence-corrected chi connectivity index (χ2v) is 5.45. The fourth-order valence-electron chi connectivity index (χ4n) is 1.35. The number of aromatic amines is 1. The van der Waals surface area contributed by atoms with Crippen molar-refractivity contribution in [3.05, 3.63) is 45.9 Å². The summed E-state index contributed by atoms with van der Waals surface area (Å²) in [5, 5.41) is 9.73. The zero-order valence-electron chi connectivity index (χ0n) is 7.75. The molecule has 16 heavy (non-hydrogen) atoms. The number of nitrogens with one attached hydrogen (secondary N) is 1. The van der Waals surface area contributed by atoms with Crippen molar-refractivity contribution in [2.45, 2.75) is 0 Å². The molecule has 0 saturated carbocycles. The molecule has 2 aromatic rings. The van der Waals surface area contributed by atoms with Gasteiger partial charge in [-0.25, -0.2) is 0 Å². The zero-order valence-corrected chi connectivity index (χ0v) is 12.1. The van der Waals surface area contributed by atoms with Crippen LogP contribution in [-0.4, -0.2) is 10.1 Å². The Morgan fingerprint density at radius 3 is 2.44 bits per heavy atom. The Labute approximate surface area is 117 Å². The van der Waals surface area contributed by atoms with Gasteiger partial charge in [0.1, 0.15) is 0 Å². The van der Waals surface area contributed by atoms with Crippen molar-refractivity contribution < 1.29 is 5.11 Å². The van der Waals surface area contributed by atoms with Crippen LogP contribution in [0.5, 0.6) is 5.75 Å². The molecule has 0 aliphatic carbocycles. The Kier molecular flexibility index (Phi) is 3.19. The molecule has 0 aliphatic heterocycles. The fraction of sp³-hybridized carbons (Fsp3) is 0. The summed E-state index contributed by atoms with van der Waals surface area (Å²) >= 11 is 4.05. The van der Waals surface area contributed by atoms with Gasteiger partial charge in [0.15, 0.2) is 11.2 Å². The Hall–Kier alpha value is -0.640. The summed E-state index contributed by atoms with van der Waals surface area (Å²) < 4.78 is 1.50. The van der Waals surface area contributed by atoms with Crippen molar-refractivity contribution in [3.8, 4) is 5.75 Å². The summed E-state index contributed by atoms with van der Waals surface area (Å²) in [4.78, 5) is 25.7. The first kappa shape index (κ1) is 11.8. The quantitative estimate of drug-likeness (QED) is 0.614. The van der Waals surface area contributed by atoms with E-state index in [2.05, 4.69) is 4.98 Å². The van der Waals surface area contributed by atoms with Crippen LogP contribution >= 0.6 is 45.2 Å². The molecule has 82 valence electrons. The highest BCUT2D eigenvalue weighted by Gasteiger charge is 2.08. The number of fused-ring (bicyclic) bond motifs is 1. The van der Waals surface area contributed by atoms with Gasteiger partial charge in [0.25, 0.3) is 5.56 Å². The average molecular weight is 441 g/mol. The highest BCUT2D eigenvalue weighted by Crippen LogP contribution is 2.20. The molecule has 0 spiro atoms. The molecule has 0 radical (unpaired) electrons. The fourth-order valence-corrected chi connectivity index (χ4v) is 2.65. The SMILES string of the molecule is O=c1[nH]c2c(I)ccc(I)c2c(=O)cc1O. The topological polar surface area (TPSA) is 70.2 Å². The van der Waals surface area contributed by atoms with E-state index in [1.807, 2.05) is 45.2 Å². The monoisotopic (exact) mass is 441 g/mol. The van der Waals surface area contributed by atoms with Crippen LogP contribution in [0.2, 0.25) is 0 Å². The molecule has 0 fully saturated rings. The minimum absolute atomic E-state index is 0.367. The maximum absolute atomic E-state index is 11.8. The lowest BCUT2D eigenvalue weighted by atomic mass is 10.2. The molecular weight excluding hydrogens is 436 g/mol. The second kappa shape index (κ2) is 4.32. The normalized spacial score (nSPS) is 10.6. The van der Waals surface area contributed by atoms with Gasteiger partial charge in [0, 0.05) is 13.2 Å². The number of hydrogen-bond acceptors (Lipinski definition) is 3. The van der Waals surface area contributed by atoms with E-state index in [1.165, 1.54) is 0 Å². The highest BCUT2D eigenvalue weighted by molar-refractivity contribution is 14.1. The summed E-state index contributed by atoms with van der Waals surface area (Å²) in [6.07, 6.45) is 0. The van der Waals surface area contributed by atoms with E-state index in [0.717, 1.165) is 13.2 Å². The van der Waals surface area contributed by atoms with Crippen LogP contribution in [0.15, 0.2) is 27.8 Å². The van der Waals surface area contributed by atoms with E-state index in [1.54, 1.807) is 12.1 Å². The Morgan fingerprint density at radius 1 is 1.12 bits per heavy atom. The van der Waals surface area contributed by atoms with E-state index in [0.29, 0.717) is 10.9 Å². The molecule has 6 heteroatoms. The van der Waals surface area contributed by atoms with E-state index in [-0.39, 0.29) is 5.43 Å². The predicted octanol–water partition coefficient (Wildman–Crippen LogP) is 1.80. The van der Waals surface area contributed by atoms with Gasteiger partial charge in [-0.2, -0.15) is 0 Å². The lowest BCUT2D eigenvalue weighted by molar-refractivity contribution is 0.468. The summed E-state index contributed by atoms with van der Waals surface area (Å²) in [5.74, 6) is -0.562. The molecule has 0 aliphatic rings. The summed E-state index contributed by atoms with van der Waals surface area (Å²) in [6, 6.07) is 4.54. The Morgan fingerprint density at radius 2 is 1.75 bits per heavy atom. The van der Waals surface area contributed by atoms with Crippen molar-refractivity contribution >= 4 is 56.1 Å². The van der Waals surface area contributed by atoms with Crippen LogP contribution in [-0.2, 0) is 0 Å². The molecule has 0 bridgehead atoms. The first-order valence-corrected chi connectivity index (χ1v) is 6.41. The number of H-pyrrole nitrogens is 1. The van der Waals surface area contributed by atoms with Crippen molar-refractivity contribution in [2.24, 2.45) is 0 Å². The maximum Gasteiger partial charge on any atom is 0.290 e. The second-order valence-electron chi connectivity index (χ2n) is 3.13. The third-order valence-electron chi connectivity index (χ3n) is 2.09. The van der Waals surface area contributed by atoms with Gasteiger partial charge in [-0.05, 0) is 57.3 Å². The maximum atomic E-state index is 11.8. The highest BCUT2D eigenvalue weighted by atomic mass is 127. The van der Waals surface area contributed by atoms with Crippen LogP contribution in [0.3, 0.4) is 0 Å². The van der Waals surface area contributed by atoms with Crippen molar-refractivity contribution in [1.82, 2.24) is 4.98 Å². The van der Waals surface area contributed by atoms with Crippen LogP contribution < -0.4 is 11.0 Å². The van der Waals surface area contributed by atoms with E-state index >= 15 is 0 Å². The minimum atomic E-state index is -0.660. The first-order chi connectivity index (χ1) is 7.50. The summed E-state index contributed by atoms with van der Waals surface area (Å²) in [5.41, 5.74) is -0.566. The first-order valence-electron chi connectivity index (χ1n) is 4.25. The summed E-state index contributed by atoms with van der Waals surface area (Å²) in [7, 11) is 0. The van der Waals surface area contributed by atoms with Gasteiger partial charge in [0.2, 0.25) is 0 Å². The molecule has 1 aromatic carbocycles. The van der Waals surface area contributed by atoms with Gasteiger partial charge in [-0.1, -0.05) is 0 Å². The molecule has 2 rings (SSSR count). The van der Waals surface area contributed by atoms with Gasteiger partial charge in [0.05, 0.1) is 10.9 Å². The Balaban J connectivity index is 3.22. The number of aromatic hydroxyl groups is 1. The lowest BCUT2D eigenvalue weighted by Crippen LogP contribution is -2.01. The van der Waals surface area contributed by atoms with Gasteiger partial charge in [-0.3, -0.25) is 9.59 Å². The predicted molar refractivity (Wildman–Crippen MR) is 77.9 cm³/mol. The third kappa shape index (κ3) is 1.95. The van der Waals surface area contributed by atoms with Crippen LogP contribution in [0.25, 0.3) is 10.9 Å². The molecule has 2 N–H and O–H groups in total. The van der Waals surface area contributed by atoms with Gasteiger partial charge in [-0.15, -0.1) is 0 Å². The number of aromatic nitrogens is 1. The van der Waals surface area contributed by atoms with Crippen molar-refractivity contribution in [1.29, 1.82) is 0 Å². The number of rotatable bonds is 0. The molecular formula is C10H5I2NO3. The number of benzene rings is 1. The van der Waals surface area contributed by atoms with Crippen LogP contribution in [0.1, 0.15) is 0 Å². The number of halogens is 2. The Bertz CT molecular complexity index is 694. The van der Waals surface area contributed by atoms with Crippen molar-refractivity contribution in [3.63, 3.8) is 0 Å². The minimum Gasteiger partial charge on any atom is -0.503 e. The molecule has 0 saturated heterocycles.